The van der Waals surface area contributed by atoms with Gasteiger partial charge in [-0.15, -0.1) is 0 Å². The molecule has 1 aromatic carbocycles. The predicted molar refractivity (Wildman–Crippen MR) is 81.1 cm³/mol. The van der Waals surface area contributed by atoms with Gasteiger partial charge in [0.25, 0.3) is 0 Å². The molecule has 1 heterocycles. The fourth-order valence-electron chi connectivity index (χ4n) is 2.45. The van der Waals surface area contributed by atoms with Crippen LogP contribution in [0.2, 0.25) is 5.02 Å². The highest BCUT2D eigenvalue weighted by atomic mass is 79.9. The summed E-state index contributed by atoms with van der Waals surface area (Å²) < 4.78 is 1.04. The summed E-state index contributed by atoms with van der Waals surface area (Å²) in [5.41, 5.74) is 1.38. The van der Waals surface area contributed by atoms with Crippen molar-refractivity contribution in [1.82, 2.24) is 10.2 Å². The van der Waals surface area contributed by atoms with Crippen LogP contribution in [0, 0.1) is 0 Å². The zero-order chi connectivity index (χ0) is 13.2. The second-order valence-corrected chi connectivity index (χ2v) is 6.93. The Bertz CT molecular complexity index is 420. The van der Waals surface area contributed by atoms with Crippen molar-refractivity contribution >= 4 is 27.5 Å². The third-order valence-electron chi connectivity index (χ3n) is 3.28. The van der Waals surface area contributed by atoms with E-state index in [1.807, 2.05) is 6.07 Å². The summed E-state index contributed by atoms with van der Waals surface area (Å²) in [7, 11) is 0. The summed E-state index contributed by atoms with van der Waals surface area (Å²) in [6, 6.07) is 6.14. The van der Waals surface area contributed by atoms with Crippen LogP contribution in [-0.4, -0.2) is 30.1 Å². The molecule has 0 spiro atoms. The third-order valence-corrected chi connectivity index (χ3v) is 4.13. The summed E-state index contributed by atoms with van der Waals surface area (Å²) in [5, 5.41) is 4.42. The molecule has 0 aliphatic carbocycles. The molecule has 0 unspecified atom stereocenters. The smallest absolute Gasteiger partial charge is 0.0462 e. The lowest BCUT2D eigenvalue weighted by molar-refractivity contribution is 0.224. The van der Waals surface area contributed by atoms with Crippen LogP contribution in [0.15, 0.2) is 22.7 Å². The van der Waals surface area contributed by atoms with Crippen molar-refractivity contribution in [3.8, 4) is 0 Å². The van der Waals surface area contributed by atoms with Gasteiger partial charge in [-0.1, -0.05) is 33.6 Å². The van der Waals surface area contributed by atoms with Crippen molar-refractivity contribution in [2.24, 2.45) is 0 Å². The van der Waals surface area contributed by atoms with Gasteiger partial charge >= 0.3 is 0 Å². The quantitative estimate of drug-likeness (QED) is 0.889. The highest BCUT2D eigenvalue weighted by Gasteiger charge is 2.24. The molecule has 0 aromatic heterocycles. The Balaban J connectivity index is 2.07. The van der Waals surface area contributed by atoms with Crippen molar-refractivity contribution in [2.75, 3.05) is 19.6 Å². The summed E-state index contributed by atoms with van der Waals surface area (Å²) in [6.07, 6.45) is 1.19. The van der Waals surface area contributed by atoms with Crippen molar-refractivity contribution in [1.29, 1.82) is 0 Å². The Morgan fingerprint density at radius 3 is 2.94 bits per heavy atom. The number of hydrogen-bond donors (Lipinski definition) is 1. The van der Waals surface area contributed by atoms with E-state index >= 15 is 0 Å². The average molecular weight is 332 g/mol. The molecular weight excluding hydrogens is 312 g/mol. The van der Waals surface area contributed by atoms with Crippen LogP contribution in [-0.2, 0) is 6.54 Å². The molecule has 2 nitrogen and oxygen atoms in total. The van der Waals surface area contributed by atoms with Crippen LogP contribution in [0.1, 0.15) is 25.8 Å². The van der Waals surface area contributed by atoms with E-state index in [-0.39, 0.29) is 5.54 Å². The van der Waals surface area contributed by atoms with Gasteiger partial charge in [0, 0.05) is 28.1 Å². The molecule has 1 saturated heterocycles. The Labute approximate surface area is 123 Å². The fourth-order valence-corrected chi connectivity index (χ4v) is 3.18. The van der Waals surface area contributed by atoms with E-state index < -0.39 is 0 Å². The number of benzene rings is 1. The molecule has 4 heteroatoms. The van der Waals surface area contributed by atoms with Gasteiger partial charge in [0.2, 0.25) is 0 Å². The summed E-state index contributed by atoms with van der Waals surface area (Å²) in [4.78, 5) is 2.48. The summed E-state index contributed by atoms with van der Waals surface area (Å²) in [5.74, 6) is 0. The van der Waals surface area contributed by atoms with Crippen LogP contribution in [0.5, 0.6) is 0 Å². The van der Waals surface area contributed by atoms with E-state index in [9.17, 15) is 0 Å². The van der Waals surface area contributed by atoms with Gasteiger partial charge in [0.15, 0.2) is 0 Å². The molecule has 2 rings (SSSR count). The van der Waals surface area contributed by atoms with Gasteiger partial charge in [-0.2, -0.15) is 0 Å². The number of nitrogens with zero attached hydrogens (tertiary/aromatic N) is 1. The number of hydrogen-bond acceptors (Lipinski definition) is 2. The lowest BCUT2D eigenvalue weighted by Crippen LogP contribution is -2.46. The van der Waals surface area contributed by atoms with Crippen molar-refractivity contribution in [3.63, 3.8) is 0 Å². The van der Waals surface area contributed by atoms with Gasteiger partial charge in [-0.05, 0) is 51.1 Å². The zero-order valence-corrected chi connectivity index (χ0v) is 13.3. The van der Waals surface area contributed by atoms with E-state index in [0.29, 0.717) is 0 Å². The lowest BCUT2D eigenvalue weighted by Gasteiger charge is -2.30. The normalized spacial score (nSPS) is 20.7. The van der Waals surface area contributed by atoms with Crippen LogP contribution < -0.4 is 5.32 Å². The van der Waals surface area contributed by atoms with Crippen LogP contribution in [0.4, 0.5) is 0 Å². The minimum atomic E-state index is 0.179. The zero-order valence-electron chi connectivity index (χ0n) is 11.0. The SMILES string of the molecule is CC1(C)CN(Cc2ccc(Br)cc2Cl)CCCN1. The molecule has 0 radical (unpaired) electrons. The van der Waals surface area contributed by atoms with Crippen molar-refractivity contribution in [2.45, 2.75) is 32.4 Å². The second-order valence-electron chi connectivity index (χ2n) is 5.61. The van der Waals surface area contributed by atoms with E-state index in [0.717, 1.165) is 35.7 Å². The molecule has 0 atom stereocenters. The second kappa shape index (κ2) is 5.91. The maximum atomic E-state index is 6.29. The highest BCUT2D eigenvalue weighted by molar-refractivity contribution is 9.10. The molecule has 100 valence electrons. The molecule has 1 aliphatic heterocycles. The molecular formula is C14H20BrClN2. The lowest BCUT2D eigenvalue weighted by atomic mass is 10.1. The minimum absolute atomic E-state index is 0.179. The molecule has 18 heavy (non-hydrogen) atoms. The first-order chi connectivity index (χ1) is 8.46. The number of halogens is 2. The molecule has 1 aromatic rings. The van der Waals surface area contributed by atoms with Crippen molar-refractivity contribution in [3.05, 3.63) is 33.3 Å². The van der Waals surface area contributed by atoms with Gasteiger partial charge in [0.05, 0.1) is 0 Å². The Hall–Kier alpha value is -0.0900. The summed E-state index contributed by atoms with van der Waals surface area (Å²) >= 11 is 9.73. The van der Waals surface area contributed by atoms with E-state index in [2.05, 4.69) is 52.1 Å². The first-order valence-electron chi connectivity index (χ1n) is 6.38. The third kappa shape index (κ3) is 3.95. The fraction of sp³-hybridized carbons (Fsp3) is 0.571. The molecule has 0 bridgehead atoms. The van der Waals surface area contributed by atoms with Crippen LogP contribution >= 0.6 is 27.5 Å². The molecule has 0 amide bonds. The maximum Gasteiger partial charge on any atom is 0.0462 e. The van der Waals surface area contributed by atoms with Gasteiger partial charge < -0.3 is 5.32 Å². The topological polar surface area (TPSA) is 15.3 Å². The van der Waals surface area contributed by atoms with Crippen LogP contribution in [0.25, 0.3) is 0 Å². The van der Waals surface area contributed by atoms with E-state index in [1.165, 1.54) is 12.0 Å². The van der Waals surface area contributed by atoms with Crippen molar-refractivity contribution < 1.29 is 0 Å². The van der Waals surface area contributed by atoms with Gasteiger partial charge in [0.1, 0.15) is 0 Å². The first kappa shape index (κ1) is 14.3. The Morgan fingerprint density at radius 2 is 2.22 bits per heavy atom. The number of rotatable bonds is 2. The van der Waals surface area contributed by atoms with E-state index in [1.54, 1.807) is 0 Å². The highest BCUT2D eigenvalue weighted by Crippen LogP contribution is 2.23. The van der Waals surface area contributed by atoms with Gasteiger partial charge in [-0.25, -0.2) is 0 Å². The van der Waals surface area contributed by atoms with E-state index in [4.69, 9.17) is 11.6 Å². The summed E-state index contributed by atoms with van der Waals surface area (Å²) in [6.45, 7) is 8.72. The molecule has 1 N–H and O–H groups in total. The van der Waals surface area contributed by atoms with Crippen LogP contribution in [0.3, 0.4) is 0 Å². The molecule has 0 saturated carbocycles. The largest absolute Gasteiger partial charge is 0.310 e. The average Bonchev–Trinajstić information content (AvgIpc) is 2.43. The molecule has 1 fully saturated rings. The minimum Gasteiger partial charge on any atom is -0.310 e. The monoisotopic (exact) mass is 330 g/mol. The Kier molecular flexibility index (Phi) is 4.70. The maximum absolute atomic E-state index is 6.29. The Morgan fingerprint density at radius 1 is 1.44 bits per heavy atom. The number of nitrogens with one attached hydrogen (secondary N) is 1. The predicted octanol–water partition coefficient (Wildman–Crippen LogP) is 3.68. The molecule has 1 aliphatic rings. The van der Waals surface area contributed by atoms with Gasteiger partial charge in [-0.3, -0.25) is 4.90 Å². The first-order valence-corrected chi connectivity index (χ1v) is 7.55. The standard InChI is InChI=1S/C14H20BrClN2/c1-14(2)10-18(7-3-6-17-14)9-11-4-5-12(15)8-13(11)16/h4-5,8,17H,3,6-7,9-10H2,1-2H3.